The van der Waals surface area contributed by atoms with Gasteiger partial charge in [0, 0.05) is 25.8 Å². The number of hydrogen-bond donors (Lipinski definition) is 1. The van der Waals surface area contributed by atoms with Crippen molar-refractivity contribution in [2.45, 2.75) is 20.4 Å². The van der Waals surface area contributed by atoms with Gasteiger partial charge in [0.05, 0.1) is 0 Å². The summed E-state index contributed by atoms with van der Waals surface area (Å²) in [6, 6.07) is 4.04. The van der Waals surface area contributed by atoms with Gasteiger partial charge < -0.3 is 10.6 Å². The number of likely N-dealkylation sites (N-methyl/N-ethyl adjacent to an activating group) is 1. The fraction of sp³-hybridized carbons (Fsp3) is 0.417. The van der Waals surface area contributed by atoms with Gasteiger partial charge in [0.25, 0.3) is 0 Å². The molecule has 0 aliphatic heterocycles. The van der Waals surface area contributed by atoms with Crippen LogP contribution in [0.25, 0.3) is 0 Å². The maximum Gasteiger partial charge on any atom is 0.129 e. The molecule has 0 bridgehead atoms. The fourth-order valence-corrected chi connectivity index (χ4v) is 1.52. The van der Waals surface area contributed by atoms with Crippen molar-refractivity contribution in [2.24, 2.45) is 5.73 Å². The number of hydrogen-bond acceptors (Lipinski definition) is 3. The molecule has 1 aromatic rings. The van der Waals surface area contributed by atoms with E-state index in [1.165, 1.54) is 0 Å². The summed E-state index contributed by atoms with van der Waals surface area (Å²) < 4.78 is 0. The third kappa shape index (κ3) is 3.36. The Bertz CT molecular complexity index is 358. The van der Waals surface area contributed by atoms with Gasteiger partial charge in [0.1, 0.15) is 5.82 Å². The van der Waals surface area contributed by atoms with Crippen molar-refractivity contribution < 1.29 is 0 Å². The first-order valence-electron chi connectivity index (χ1n) is 5.06. The first-order chi connectivity index (χ1) is 7.02. The van der Waals surface area contributed by atoms with Crippen molar-refractivity contribution in [2.75, 3.05) is 18.5 Å². The molecule has 0 fully saturated rings. The van der Waals surface area contributed by atoms with Gasteiger partial charge >= 0.3 is 0 Å². The average Bonchev–Trinajstić information content (AvgIpc) is 2.15. The summed E-state index contributed by atoms with van der Waals surface area (Å²) in [4.78, 5) is 6.54. The predicted octanol–water partition coefficient (Wildman–Crippen LogP) is 1.86. The van der Waals surface area contributed by atoms with E-state index in [9.17, 15) is 0 Å². The molecule has 3 heteroatoms. The van der Waals surface area contributed by atoms with Crippen LogP contribution in [0.1, 0.15) is 18.2 Å². The summed E-state index contributed by atoms with van der Waals surface area (Å²) in [7, 11) is 2.01. The summed E-state index contributed by atoms with van der Waals surface area (Å²) >= 11 is 0. The molecular formula is C12H19N3. The molecular weight excluding hydrogens is 186 g/mol. The van der Waals surface area contributed by atoms with Gasteiger partial charge in [-0.25, -0.2) is 4.98 Å². The monoisotopic (exact) mass is 205 g/mol. The molecule has 0 aromatic carbocycles. The van der Waals surface area contributed by atoms with E-state index < -0.39 is 0 Å². The minimum atomic E-state index is 0.553. The summed E-state index contributed by atoms with van der Waals surface area (Å²) in [6.45, 7) is 9.26. The third-order valence-corrected chi connectivity index (χ3v) is 2.13. The van der Waals surface area contributed by atoms with Crippen LogP contribution in [-0.2, 0) is 6.54 Å². The lowest BCUT2D eigenvalue weighted by Gasteiger charge is -2.19. The van der Waals surface area contributed by atoms with Crippen LogP contribution in [0.3, 0.4) is 0 Å². The van der Waals surface area contributed by atoms with Gasteiger partial charge in [-0.3, -0.25) is 0 Å². The Kier molecular flexibility index (Phi) is 3.86. The summed E-state index contributed by atoms with van der Waals surface area (Å²) in [5.74, 6) is 0.957. The second-order valence-electron chi connectivity index (χ2n) is 3.99. The Morgan fingerprint density at radius 1 is 1.53 bits per heavy atom. The molecule has 82 valence electrons. The van der Waals surface area contributed by atoms with E-state index in [0.29, 0.717) is 6.54 Å². The van der Waals surface area contributed by atoms with Crippen LogP contribution in [0.4, 0.5) is 5.82 Å². The number of nitrogens with two attached hydrogens (primary N) is 1. The van der Waals surface area contributed by atoms with E-state index >= 15 is 0 Å². The lowest BCUT2D eigenvalue weighted by atomic mass is 10.2. The fourth-order valence-electron chi connectivity index (χ4n) is 1.52. The van der Waals surface area contributed by atoms with Crippen molar-refractivity contribution >= 4 is 5.82 Å². The molecule has 0 unspecified atom stereocenters. The summed E-state index contributed by atoms with van der Waals surface area (Å²) in [5.41, 5.74) is 8.86. The van der Waals surface area contributed by atoms with Gasteiger partial charge in [-0.05, 0) is 31.5 Å². The largest absolute Gasteiger partial charge is 0.356 e. The van der Waals surface area contributed by atoms with E-state index in [4.69, 9.17) is 5.73 Å². The average molecular weight is 205 g/mol. The summed E-state index contributed by atoms with van der Waals surface area (Å²) in [6.07, 6.45) is 0. The number of aromatic nitrogens is 1. The molecule has 0 radical (unpaired) electrons. The van der Waals surface area contributed by atoms with Gasteiger partial charge in [0.2, 0.25) is 0 Å². The first kappa shape index (κ1) is 11.7. The van der Waals surface area contributed by atoms with Crippen LogP contribution in [0.15, 0.2) is 24.3 Å². The zero-order valence-electron chi connectivity index (χ0n) is 9.75. The predicted molar refractivity (Wildman–Crippen MR) is 64.9 cm³/mol. The van der Waals surface area contributed by atoms with Gasteiger partial charge in [0.15, 0.2) is 0 Å². The van der Waals surface area contributed by atoms with Crippen LogP contribution in [-0.4, -0.2) is 18.6 Å². The Hall–Kier alpha value is -1.35. The molecule has 1 rings (SSSR count). The van der Waals surface area contributed by atoms with Crippen molar-refractivity contribution in [1.82, 2.24) is 4.98 Å². The van der Waals surface area contributed by atoms with Gasteiger partial charge in [-0.1, -0.05) is 12.2 Å². The molecule has 0 amide bonds. The Morgan fingerprint density at radius 3 is 2.73 bits per heavy atom. The van der Waals surface area contributed by atoms with E-state index in [1.54, 1.807) is 0 Å². The molecule has 1 aromatic heterocycles. The van der Waals surface area contributed by atoms with Crippen LogP contribution in [0.5, 0.6) is 0 Å². The van der Waals surface area contributed by atoms with Crippen molar-refractivity contribution in [3.05, 3.63) is 35.5 Å². The molecule has 0 atom stereocenters. The first-order valence-corrected chi connectivity index (χ1v) is 5.06. The topological polar surface area (TPSA) is 42.1 Å². The quantitative estimate of drug-likeness (QED) is 0.763. The highest BCUT2D eigenvalue weighted by molar-refractivity contribution is 5.42. The van der Waals surface area contributed by atoms with E-state index in [-0.39, 0.29) is 0 Å². The molecule has 0 saturated carbocycles. The molecule has 2 N–H and O–H groups in total. The van der Waals surface area contributed by atoms with Crippen LogP contribution in [0.2, 0.25) is 0 Å². The van der Waals surface area contributed by atoms with E-state index in [1.807, 2.05) is 33.0 Å². The zero-order valence-corrected chi connectivity index (χ0v) is 9.75. The minimum Gasteiger partial charge on any atom is -0.356 e. The Labute approximate surface area is 91.6 Å². The van der Waals surface area contributed by atoms with Crippen molar-refractivity contribution in [3.63, 3.8) is 0 Å². The highest BCUT2D eigenvalue weighted by atomic mass is 15.2. The standard InChI is InChI=1S/C12H19N3/c1-9(2)8-15(4)12-6-11(7-13)5-10(3)14-12/h5-6H,1,7-8,13H2,2-4H3. The second kappa shape index (κ2) is 4.94. The molecule has 3 nitrogen and oxygen atoms in total. The Morgan fingerprint density at radius 2 is 2.20 bits per heavy atom. The molecule has 0 saturated heterocycles. The molecule has 15 heavy (non-hydrogen) atoms. The Balaban J connectivity index is 2.92. The smallest absolute Gasteiger partial charge is 0.129 e. The molecule has 0 aliphatic rings. The number of pyridine rings is 1. The van der Waals surface area contributed by atoms with Crippen LogP contribution < -0.4 is 10.6 Å². The highest BCUT2D eigenvalue weighted by Crippen LogP contribution is 2.14. The minimum absolute atomic E-state index is 0.553. The maximum absolute atomic E-state index is 5.63. The normalized spacial score (nSPS) is 10.1. The van der Waals surface area contributed by atoms with Crippen LogP contribution in [0, 0.1) is 6.92 Å². The second-order valence-corrected chi connectivity index (χ2v) is 3.99. The SMILES string of the molecule is C=C(C)CN(C)c1cc(CN)cc(C)n1. The van der Waals surface area contributed by atoms with E-state index in [0.717, 1.165) is 29.2 Å². The van der Waals surface area contributed by atoms with Crippen molar-refractivity contribution in [1.29, 1.82) is 0 Å². The molecule has 0 spiro atoms. The molecule has 0 aliphatic carbocycles. The number of aryl methyl sites for hydroxylation is 1. The maximum atomic E-state index is 5.63. The number of anilines is 1. The van der Waals surface area contributed by atoms with Crippen LogP contribution >= 0.6 is 0 Å². The third-order valence-electron chi connectivity index (χ3n) is 2.13. The number of nitrogens with zero attached hydrogens (tertiary/aromatic N) is 2. The summed E-state index contributed by atoms with van der Waals surface area (Å²) in [5, 5.41) is 0. The molecule has 1 heterocycles. The van der Waals surface area contributed by atoms with Gasteiger partial charge in [-0.15, -0.1) is 0 Å². The van der Waals surface area contributed by atoms with Crippen molar-refractivity contribution in [3.8, 4) is 0 Å². The number of rotatable bonds is 4. The van der Waals surface area contributed by atoms with E-state index in [2.05, 4.69) is 16.5 Å². The lowest BCUT2D eigenvalue weighted by Crippen LogP contribution is -2.20. The lowest BCUT2D eigenvalue weighted by molar-refractivity contribution is 0.933. The highest BCUT2D eigenvalue weighted by Gasteiger charge is 2.04. The van der Waals surface area contributed by atoms with Gasteiger partial charge in [-0.2, -0.15) is 0 Å². The zero-order chi connectivity index (χ0) is 11.4.